The molecule has 3 aromatic rings. The smallest absolute Gasteiger partial charge is 0.281 e. The van der Waals surface area contributed by atoms with Crippen molar-refractivity contribution in [2.75, 3.05) is 30.9 Å². The predicted octanol–water partition coefficient (Wildman–Crippen LogP) is 4.53. The fourth-order valence-corrected chi connectivity index (χ4v) is 4.09. The number of carbonyl (C=O) groups excluding carboxylic acids is 2. The molecule has 0 aliphatic carbocycles. The standard InChI is InChI=1S/C25H24Cl2N4O3/c1-30(2)19-11-8-16(9-12-19)23-24(34-21-13-10-17(26)14-20(21)27)25(33)31(23)28-15-22(32)29-18-6-4-3-5-7-18/h3-14,23-24,28H,15H2,1-2H3,(H,29,32). The van der Waals surface area contributed by atoms with E-state index in [0.29, 0.717) is 21.5 Å². The highest BCUT2D eigenvalue weighted by molar-refractivity contribution is 6.35. The fraction of sp³-hybridized carbons (Fsp3) is 0.200. The second-order valence-electron chi connectivity index (χ2n) is 8.00. The molecular weight excluding hydrogens is 475 g/mol. The van der Waals surface area contributed by atoms with E-state index in [1.54, 1.807) is 30.3 Å². The molecule has 2 atom stereocenters. The van der Waals surface area contributed by atoms with E-state index in [9.17, 15) is 9.59 Å². The minimum atomic E-state index is -0.812. The topological polar surface area (TPSA) is 73.9 Å². The molecule has 3 aromatic carbocycles. The van der Waals surface area contributed by atoms with Crippen molar-refractivity contribution in [2.24, 2.45) is 0 Å². The van der Waals surface area contributed by atoms with Crippen LogP contribution in [0, 0.1) is 0 Å². The summed E-state index contributed by atoms with van der Waals surface area (Å²) in [6.07, 6.45) is -0.812. The summed E-state index contributed by atoms with van der Waals surface area (Å²) in [5.41, 5.74) is 5.50. The highest BCUT2D eigenvalue weighted by Crippen LogP contribution is 2.39. The number of hydrogen-bond donors (Lipinski definition) is 2. The third-order valence-corrected chi connectivity index (χ3v) is 5.94. The number of hydrazine groups is 1. The number of ether oxygens (including phenoxy) is 1. The van der Waals surface area contributed by atoms with Gasteiger partial charge in [-0.3, -0.25) is 14.6 Å². The molecule has 2 N–H and O–H groups in total. The minimum absolute atomic E-state index is 0.0820. The second kappa shape index (κ2) is 10.3. The Bertz CT molecular complexity index is 1170. The average Bonchev–Trinajstić information content (AvgIpc) is 2.82. The molecule has 2 unspecified atom stereocenters. The molecule has 0 aromatic heterocycles. The third-order valence-electron chi connectivity index (χ3n) is 5.41. The number of halogens is 2. The highest BCUT2D eigenvalue weighted by Gasteiger charge is 2.51. The van der Waals surface area contributed by atoms with Crippen LogP contribution < -0.4 is 20.4 Å². The van der Waals surface area contributed by atoms with Crippen molar-refractivity contribution in [3.63, 3.8) is 0 Å². The molecule has 2 amide bonds. The van der Waals surface area contributed by atoms with Gasteiger partial charge in [-0.05, 0) is 48.0 Å². The van der Waals surface area contributed by atoms with E-state index in [-0.39, 0.29) is 18.4 Å². The summed E-state index contributed by atoms with van der Waals surface area (Å²) in [6, 6.07) is 21.3. The lowest BCUT2D eigenvalue weighted by Crippen LogP contribution is -2.66. The first-order chi connectivity index (χ1) is 16.3. The first-order valence-corrected chi connectivity index (χ1v) is 11.4. The quantitative estimate of drug-likeness (QED) is 0.446. The van der Waals surface area contributed by atoms with Gasteiger partial charge < -0.3 is 15.0 Å². The van der Waals surface area contributed by atoms with Crippen molar-refractivity contribution in [3.8, 4) is 5.75 Å². The number of carbonyl (C=O) groups is 2. The molecule has 0 saturated carbocycles. The maximum Gasteiger partial charge on any atom is 0.281 e. The zero-order valence-corrected chi connectivity index (χ0v) is 20.2. The molecule has 1 aliphatic heterocycles. The number of nitrogens with zero attached hydrogens (tertiary/aromatic N) is 2. The van der Waals surface area contributed by atoms with Crippen LogP contribution in [-0.2, 0) is 9.59 Å². The van der Waals surface area contributed by atoms with E-state index < -0.39 is 12.1 Å². The van der Waals surface area contributed by atoms with Gasteiger partial charge in [0.2, 0.25) is 12.0 Å². The monoisotopic (exact) mass is 498 g/mol. The number of nitrogens with one attached hydrogen (secondary N) is 2. The van der Waals surface area contributed by atoms with Crippen LogP contribution in [0.2, 0.25) is 10.0 Å². The van der Waals surface area contributed by atoms with Crippen molar-refractivity contribution in [3.05, 3.63) is 88.4 Å². The molecule has 176 valence electrons. The summed E-state index contributed by atoms with van der Waals surface area (Å²) in [5.74, 6) is -0.216. The summed E-state index contributed by atoms with van der Waals surface area (Å²) < 4.78 is 5.99. The summed E-state index contributed by atoms with van der Waals surface area (Å²) in [7, 11) is 3.91. The number of anilines is 2. The van der Waals surface area contributed by atoms with Gasteiger partial charge in [0, 0.05) is 30.5 Å². The average molecular weight is 499 g/mol. The summed E-state index contributed by atoms with van der Waals surface area (Å²) in [6.45, 7) is -0.0820. The molecule has 7 nitrogen and oxygen atoms in total. The molecule has 0 radical (unpaired) electrons. The molecule has 0 bridgehead atoms. The SMILES string of the molecule is CN(C)c1ccc(C2C(Oc3ccc(Cl)cc3Cl)C(=O)N2NCC(=O)Nc2ccccc2)cc1. The van der Waals surface area contributed by atoms with Gasteiger partial charge in [-0.2, -0.15) is 0 Å². The first kappa shape index (κ1) is 23.9. The Labute approximate surface area is 208 Å². The van der Waals surface area contributed by atoms with Gasteiger partial charge in [0.15, 0.2) is 0 Å². The van der Waals surface area contributed by atoms with Crippen molar-refractivity contribution in [1.29, 1.82) is 0 Å². The normalized spacial score (nSPS) is 17.2. The number of hydrogen-bond acceptors (Lipinski definition) is 5. The van der Waals surface area contributed by atoms with Crippen molar-refractivity contribution < 1.29 is 14.3 Å². The van der Waals surface area contributed by atoms with Crippen LogP contribution >= 0.6 is 23.2 Å². The van der Waals surface area contributed by atoms with E-state index in [4.69, 9.17) is 27.9 Å². The molecular formula is C25H24Cl2N4O3. The van der Waals surface area contributed by atoms with Crippen LogP contribution in [0.15, 0.2) is 72.8 Å². The number of rotatable bonds is 8. The zero-order valence-electron chi connectivity index (χ0n) is 18.7. The maximum atomic E-state index is 13.0. The summed E-state index contributed by atoms with van der Waals surface area (Å²) in [4.78, 5) is 27.4. The van der Waals surface area contributed by atoms with Crippen LogP contribution in [-0.4, -0.2) is 43.6 Å². The molecule has 1 saturated heterocycles. The Balaban J connectivity index is 1.51. The lowest BCUT2D eigenvalue weighted by Gasteiger charge is -2.46. The van der Waals surface area contributed by atoms with Crippen molar-refractivity contribution in [2.45, 2.75) is 12.1 Å². The third kappa shape index (κ3) is 5.28. The molecule has 34 heavy (non-hydrogen) atoms. The van der Waals surface area contributed by atoms with Crippen LogP contribution in [0.5, 0.6) is 5.75 Å². The van der Waals surface area contributed by atoms with Gasteiger partial charge in [0.1, 0.15) is 11.8 Å². The Morgan fingerprint density at radius 1 is 1.03 bits per heavy atom. The molecule has 1 fully saturated rings. The van der Waals surface area contributed by atoms with E-state index in [0.717, 1.165) is 11.3 Å². The lowest BCUT2D eigenvalue weighted by molar-refractivity contribution is -0.171. The van der Waals surface area contributed by atoms with Gasteiger partial charge >= 0.3 is 0 Å². The minimum Gasteiger partial charge on any atom is -0.476 e. The van der Waals surface area contributed by atoms with Crippen LogP contribution in [0.25, 0.3) is 0 Å². The van der Waals surface area contributed by atoms with Gasteiger partial charge in [-0.1, -0.05) is 53.5 Å². The second-order valence-corrected chi connectivity index (χ2v) is 8.84. The van der Waals surface area contributed by atoms with Crippen LogP contribution in [0.3, 0.4) is 0 Å². The molecule has 1 aliphatic rings. The van der Waals surface area contributed by atoms with E-state index in [1.165, 1.54) is 5.01 Å². The number of para-hydroxylation sites is 1. The Kier molecular flexibility index (Phi) is 7.26. The highest BCUT2D eigenvalue weighted by atomic mass is 35.5. The van der Waals surface area contributed by atoms with E-state index in [2.05, 4.69) is 10.7 Å². The Hall–Kier alpha value is -3.26. The van der Waals surface area contributed by atoms with Crippen LogP contribution in [0.4, 0.5) is 11.4 Å². The maximum absolute atomic E-state index is 13.0. The van der Waals surface area contributed by atoms with Crippen LogP contribution in [0.1, 0.15) is 11.6 Å². The van der Waals surface area contributed by atoms with Crippen molar-refractivity contribution >= 4 is 46.4 Å². The summed E-state index contributed by atoms with van der Waals surface area (Å²) in [5, 5.41) is 5.00. The Morgan fingerprint density at radius 3 is 2.38 bits per heavy atom. The first-order valence-electron chi connectivity index (χ1n) is 10.6. The molecule has 9 heteroatoms. The van der Waals surface area contributed by atoms with Gasteiger partial charge in [0.05, 0.1) is 11.6 Å². The Morgan fingerprint density at radius 2 is 1.74 bits per heavy atom. The van der Waals surface area contributed by atoms with Gasteiger partial charge in [-0.25, -0.2) is 5.43 Å². The number of benzene rings is 3. The molecule has 0 spiro atoms. The molecule has 1 heterocycles. The number of amides is 2. The number of β-lactam (4-membered cyclic amide) rings is 1. The van der Waals surface area contributed by atoms with Gasteiger partial charge in [-0.15, -0.1) is 0 Å². The summed E-state index contributed by atoms with van der Waals surface area (Å²) >= 11 is 12.2. The van der Waals surface area contributed by atoms with Crippen molar-refractivity contribution in [1.82, 2.24) is 10.4 Å². The lowest BCUT2D eigenvalue weighted by atomic mass is 9.92. The van der Waals surface area contributed by atoms with E-state index in [1.807, 2.05) is 61.5 Å². The zero-order chi connectivity index (χ0) is 24.2. The largest absolute Gasteiger partial charge is 0.476 e. The predicted molar refractivity (Wildman–Crippen MR) is 134 cm³/mol. The fourth-order valence-electron chi connectivity index (χ4n) is 3.64. The van der Waals surface area contributed by atoms with E-state index >= 15 is 0 Å². The molecule has 4 rings (SSSR count). The van der Waals surface area contributed by atoms with Gasteiger partial charge in [0.25, 0.3) is 5.91 Å².